The second-order valence-corrected chi connectivity index (χ2v) is 8.00. The molecule has 6 heteroatoms. The molecule has 3 aromatic rings. The smallest absolute Gasteiger partial charge is 0.234 e. The van der Waals surface area contributed by atoms with Crippen molar-refractivity contribution in [3.8, 4) is 5.69 Å². The van der Waals surface area contributed by atoms with Crippen LogP contribution in [0.2, 0.25) is 0 Å². The summed E-state index contributed by atoms with van der Waals surface area (Å²) in [5.74, 6) is 0.757. The molecule has 30 heavy (non-hydrogen) atoms. The maximum Gasteiger partial charge on any atom is 0.234 e. The molecule has 1 saturated heterocycles. The zero-order valence-electron chi connectivity index (χ0n) is 17.6. The number of imidazole rings is 1. The predicted octanol–water partition coefficient (Wildman–Crippen LogP) is 3.55. The second-order valence-electron chi connectivity index (χ2n) is 8.00. The molecule has 0 saturated carbocycles. The summed E-state index contributed by atoms with van der Waals surface area (Å²) < 4.78 is 2.09. The van der Waals surface area contributed by atoms with E-state index in [0.29, 0.717) is 0 Å². The Hall–Kier alpha value is -3.12. The lowest BCUT2D eigenvalue weighted by Crippen LogP contribution is -2.39. The SMILES string of the molecule is Cc1cc(-n2ccnc2C)ccc1CNc1ccccc1CN1CCCC1C(N)=O. The first-order valence-corrected chi connectivity index (χ1v) is 10.5. The first kappa shape index (κ1) is 20.2. The second kappa shape index (κ2) is 8.71. The van der Waals surface area contributed by atoms with Crippen LogP contribution < -0.4 is 11.1 Å². The van der Waals surface area contributed by atoms with Crippen LogP contribution in [0.15, 0.2) is 54.9 Å². The fourth-order valence-corrected chi connectivity index (χ4v) is 4.26. The third-order valence-electron chi connectivity index (χ3n) is 5.98. The van der Waals surface area contributed by atoms with E-state index in [2.05, 4.69) is 57.0 Å². The number of nitrogens with two attached hydrogens (primary N) is 1. The van der Waals surface area contributed by atoms with E-state index in [1.54, 1.807) is 0 Å². The van der Waals surface area contributed by atoms with Gasteiger partial charge in [0.05, 0.1) is 6.04 Å². The van der Waals surface area contributed by atoms with Gasteiger partial charge in [-0.3, -0.25) is 9.69 Å². The van der Waals surface area contributed by atoms with Crippen LogP contribution in [0, 0.1) is 13.8 Å². The topological polar surface area (TPSA) is 76.2 Å². The van der Waals surface area contributed by atoms with Gasteiger partial charge in [0.1, 0.15) is 5.82 Å². The van der Waals surface area contributed by atoms with Crippen LogP contribution in [-0.2, 0) is 17.9 Å². The highest BCUT2D eigenvalue weighted by Crippen LogP contribution is 2.25. The number of amides is 1. The standard InChI is InChI=1S/C24H29N5O/c1-17-14-21(29-13-11-26-18(29)2)10-9-19(17)15-27-22-7-4-3-6-20(22)16-28-12-5-8-23(28)24(25)30/h3-4,6-7,9-11,13-14,23,27H,5,8,12,15-16H2,1-2H3,(H2,25,30). The molecule has 4 rings (SSSR count). The minimum Gasteiger partial charge on any atom is -0.381 e. The van der Waals surface area contributed by atoms with Crippen LogP contribution in [0.3, 0.4) is 0 Å². The van der Waals surface area contributed by atoms with Gasteiger partial charge in [0, 0.05) is 36.9 Å². The Morgan fingerprint density at radius 3 is 2.77 bits per heavy atom. The maximum absolute atomic E-state index is 11.7. The van der Waals surface area contributed by atoms with Crippen LogP contribution in [0.5, 0.6) is 0 Å². The largest absolute Gasteiger partial charge is 0.381 e. The number of rotatable bonds is 7. The first-order valence-electron chi connectivity index (χ1n) is 10.5. The number of nitrogens with zero attached hydrogens (tertiary/aromatic N) is 3. The highest BCUT2D eigenvalue weighted by atomic mass is 16.1. The van der Waals surface area contributed by atoms with Crippen LogP contribution in [0.4, 0.5) is 5.69 Å². The van der Waals surface area contributed by atoms with Gasteiger partial charge in [-0.1, -0.05) is 24.3 Å². The minimum atomic E-state index is -0.221. The quantitative estimate of drug-likeness (QED) is 0.633. The van der Waals surface area contributed by atoms with Gasteiger partial charge in [-0.15, -0.1) is 0 Å². The summed E-state index contributed by atoms with van der Waals surface area (Å²) >= 11 is 0. The fourth-order valence-electron chi connectivity index (χ4n) is 4.26. The Balaban J connectivity index is 1.47. The van der Waals surface area contributed by atoms with Crippen molar-refractivity contribution in [3.63, 3.8) is 0 Å². The summed E-state index contributed by atoms with van der Waals surface area (Å²) in [4.78, 5) is 18.2. The van der Waals surface area contributed by atoms with Crippen molar-refractivity contribution in [2.75, 3.05) is 11.9 Å². The highest BCUT2D eigenvalue weighted by Gasteiger charge is 2.29. The number of aromatic nitrogens is 2. The third kappa shape index (κ3) is 4.24. The summed E-state index contributed by atoms with van der Waals surface area (Å²) in [7, 11) is 0. The molecule has 2 heterocycles. The Morgan fingerprint density at radius 1 is 1.20 bits per heavy atom. The Morgan fingerprint density at radius 2 is 2.03 bits per heavy atom. The van der Waals surface area contributed by atoms with Gasteiger partial charge in [-0.05, 0) is 68.1 Å². The first-order chi connectivity index (χ1) is 14.5. The predicted molar refractivity (Wildman–Crippen MR) is 119 cm³/mol. The van der Waals surface area contributed by atoms with Crippen LogP contribution in [0.1, 0.15) is 35.4 Å². The fraction of sp³-hybridized carbons (Fsp3) is 0.333. The zero-order chi connectivity index (χ0) is 21.1. The molecular weight excluding hydrogens is 374 g/mol. The number of primary amides is 1. The number of para-hydroxylation sites is 1. The number of carbonyl (C=O) groups excluding carboxylic acids is 1. The molecule has 0 aliphatic carbocycles. The summed E-state index contributed by atoms with van der Waals surface area (Å²) in [5, 5.41) is 3.59. The lowest BCUT2D eigenvalue weighted by Gasteiger charge is -2.23. The minimum absolute atomic E-state index is 0.153. The summed E-state index contributed by atoms with van der Waals surface area (Å²) in [6, 6.07) is 14.6. The molecule has 6 nitrogen and oxygen atoms in total. The molecule has 1 fully saturated rings. The molecule has 1 aromatic heterocycles. The van der Waals surface area contributed by atoms with Gasteiger partial charge in [-0.25, -0.2) is 4.98 Å². The van der Waals surface area contributed by atoms with Gasteiger partial charge in [0.15, 0.2) is 0 Å². The van der Waals surface area contributed by atoms with Gasteiger partial charge < -0.3 is 15.6 Å². The highest BCUT2D eigenvalue weighted by molar-refractivity contribution is 5.80. The number of benzene rings is 2. The lowest BCUT2D eigenvalue weighted by atomic mass is 10.1. The van der Waals surface area contributed by atoms with E-state index in [9.17, 15) is 4.79 Å². The monoisotopic (exact) mass is 403 g/mol. The van der Waals surface area contributed by atoms with Crippen molar-refractivity contribution in [2.45, 2.75) is 45.8 Å². The van der Waals surface area contributed by atoms with E-state index in [-0.39, 0.29) is 11.9 Å². The average Bonchev–Trinajstić information content (AvgIpc) is 3.37. The molecule has 0 radical (unpaired) electrons. The Labute approximate surface area is 177 Å². The van der Waals surface area contributed by atoms with Gasteiger partial charge >= 0.3 is 0 Å². The van der Waals surface area contributed by atoms with Crippen LogP contribution in [-0.4, -0.2) is 32.9 Å². The molecule has 1 aliphatic rings. The Kier molecular flexibility index (Phi) is 5.86. The number of hydrogen-bond acceptors (Lipinski definition) is 4. The third-order valence-corrected chi connectivity index (χ3v) is 5.98. The van der Waals surface area contributed by atoms with E-state index in [1.807, 2.05) is 31.5 Å². The number of nitrogens with one attached hydrogen (secondary N) is 1. The zero-order valence-corrected chi connectivity index (χ0v) is 17.6. The lowest BCUT2D eigenvalue weighted by molar-refractivity contribution is -0.122. The number of aryl methyl sites for hydroxylation is 2. The molecule has 0 bridgehead atoms. The van der Waals surface area contributed by atoms with Crippen molar-refractivity contribution in [3.05, 3.63) is 77.4 Å². The van der Waals surface area contributed by atoms with Crippen molar-refractivity contribution in [1.29, 1.82) is 0 Å². The molecule has 156 valence electrons. The molecule has 3 N–H and O–H groups in total. The Bertz CT molecular complexity index is 1040. The van der Waals surface area contributed by atoms with Gasteiger partial charge in [-0.2, -0.15) is 0 Å². The molecule has 0 spiro atoms. The van der Waals surface area contributed by atoms with E-state index in [4.69, 9.17) is 5.73 Å². The van der Waals surface area contributed by atoms with Crippen LogP contribution >= 0.6 is 0 Å². The maximum atomic E-state index is 11.7. The van der Waals surface area contributed by atoms with Crippen LogP contribution in [0.25, 0.3) is 5.69 Å². The van der Waals surface area contributed by atoms with E-state index >= 15 is 0 Å². The van der Waals surface area contributed by atoms with Crippen molar-refractivity contribution < 1.29 is 4.79 Å². The normalized spacial score (nSPS) is 16.7. The molecular formula is C24H29N5O. The van der Waals surface area contributed by atoms with Crippen molar-refractivity contribution in [2.24, 2.45) is 5.73 Å². The van der Waals surface area contributed by atoms with Crippen molar-refractivity contribution >= 4 is 11.6 Å². The summed E-state index contributed by atoms with van der Waals surface area (Å²) in [5.41, 5.74) is 11.5. The number of likely N-dealkylation sites (tertiary alicyclic amines) is 1. The van der Waals surface area contributed by atoms with E-state index in [1.165, 1.54) is 16.7 Å². The van der Waals surface area contributed by atoms with Crippen molar-refractivity contribution in [1.82, 2.24) is 14.5 Å². The molecule has 1 amide bonds. The molecule has 2 aromatic carbocycles. The molecule has 1 unspecified atom stereocenters. The number of hydrogen-bond donors (Lipinski definition) is 2. The van der Waals surface area contributed by atoms with Gasteiger partial charge in [0.2, 0.25) is 5.91 Å². The van der Waals surface area contributed by atoms with E-state index in [0.717, 1.165) is 49.7 Å². The average molecular weight is 404 g/mol. The molecule has 1 aliphatic heterocycles. The van der Waals surface area contributed by atoms with Gasteiger partial charge in [0.25, 0.3) is 0 Å². The number of carbonyl (C=O) groups is 1. The number of anilines is 1. The van der Waals surface area contributed by atoms with E-state index < -0.39 is 0 Å². The summed E-state index contributed by atoms with van der Waals surface area (Å²) in [6.45, 7) is 6.53. The summed E-state index contributed by atoms with van der Waals surface area (Å²) in [6.07, 6.45) is 5.67. The molecule has 1 atom stereocenters.